The minimum Gasteiger partial charge on any atom is -0.490 e. The van der Waals surface area contributed by atoms with E-state index in [9.17, 15) is 8.78 Å². The smallest absolute Gasteiger partial charge is 0.201 e. The molecule has 0 spiro atoms. The number of ether oxygens (including phenoxy) is 1. The van der Waals surface area contributed by atoms with Crippen LogP contribution in [0.1, 0.15) is 69.8 Å². The van der Waals surface area contributed by atoms with E-state index in [1.54, 1.807) is 12.1 Å². The normalized spacial score (nSPS) is 22.2. The highest BCUT2D eigenvalue weighted by atomic mass is 19.2. The minimum atomic E-state index is -0.878. The monoisotopic (exact) mass is 384 g/mol. The molecule has 0 unspecified atom stereocenters. The molecule has 0 saturated heterocycles. The average Bonchev–Trinajstić information content (AvgIpc) is 3.55. The summed E-state index contributed by atoms with van der Waals surface area (Å²) in [7, 11) is 0. The van der Waals surface area contributed by atoms with Crippen molar-refractivity contribution in [3.63, 3.8) is 0 Å². The van der Waals surface area contributed by atoms with Gasteiger partial charge >= 0.3 is 0 Å². The first-order chi connectivity index (χ1) is 13.7. The van der Waals surface area contributed by atoms with Gasteiger partial charge < -0.3 is 4.74 Å². The van der Waals surface area contributed by atoms with Crippen LogP contribution in [0.3, 0.4) is 0 Å². The van der Waals surface area contributed by atoms with E-state index < -0.39 is 11.6 Å². The molecule has 0 N–H and O–H groups in total. The van der Waals surface area contributed by atoms with Gasteiger partial charge in [0.1, 0.15) is 0 Å². The van der Waals surface area contributed by atoms with E-state index in [1.807, 2.05) is 12.1 Å². The van der Waals surface area contributed by atoms with Gasteiger partial charge in [-0.25, -0.2) is 4.39 Å². The molecule has 0 aromatic heterocycles. The summed E-state index contributed by atoms with van der Waals surface area (Å²) in [5.74, 6) is 0.318. The lowest BCUT2D eigenvalue weighted by Crippen LogP contribution is -2.13. The van der Waals surface area contributed by atoms with Gasteiger partial charge in [0, 0.05) is 5.56 Å². The van der Waals surface area contributed by atoms with E-state index in [-0.39, 0.29) is 5.75 Å². The van der Waals surface area contributed by atoms with Crippen molar-refractivity contribution in [1.29, 1.82) is 0 Å². The molecule has 150 valence electrons. The number of halogens is 2. The fourth-order valence-electron chi connectivity index (χ4n) is 4.49. The summed E-state index contributed by atoms with van der Waals surface area (Å²) in [4.78, 5) is 0. The Bertz CT molecular complexity index is 787. The molecular formula is C25H30F2O. The maximum atomic E-state index is 14.6. The molecule has 1 nitrogen and oxygen atoms in total. The molecule has 2 aromatic carbocycles. The van der Waals surface area contributed by atoms with Crippen molar-refractivity contribution in [2.75, 3.05) is 6.61 Å². The third-order valence-corrected chi connectivity index (χ3v) is 6.46. The Balaban J connectivity index is 1.44. The second-order valence-electron chi connectivity index (χ2n) is 8.62. The summed E-state index contributed by atoms with van der Waals surface area (Å²) in [5.41, 5.74) is 2.34. The summed E-state index contributed by atoms with van der Waals surface area (Å²) >= 11 is 0. The highest BCUT2D eigenvalue weighted by molar-refractivity contribution is 5.65. The second kappa shape index (κ2) is 8.63. The van der Waals surface area contributed by atoms with Crippen LogP contribution >= 0.6 is 0 Å². The zero-order valence-corrected chi connectivity index (χ0v) is 16.7. The molecule has 3 heteroatoms. The first kappa shape index (κ1) is 19.4. The van der Waals surface area contributed by atoms with Gasteiger partial charge in [0.15, 0.2) is 11.6 Å². The van der Waals surface area contributed by atoms with Crippen molar-refractivity contribution in [1.82, 2.24) is 0 Å². The van der Waals surface area contributed by atoms with E-state index >= 15 is 0 Å². The minimum absolute atomic E-state index is 0.0219. The third kappa shape index (κ3) is 4.39. The van der Waals surface area contributed by atoms with Crippen molar-refractivity contribution in [3.8, 4) is 16.9 Å². The van der Waals surface area contributed by atoms with Crippen LogP contribution in [0, 0.1) is 23.5 Å². The van der Waals surface area contributed by atoms with Crippen LogP contribution in [0.5, 0.6) is 5.75 Å². The van der Waals surface area contributed by atoms with Crippen molar-refractivity contribution < 1.29 is 13.5 Å². The lowest BCUT2D eigenvalue weighted by molar-refractivity contribution is 0.280. The van der Waals surface area contributed by atoms with Gasteiger partial charge in [0.25, 0.3) is 0 Å². The Morgan fingerprint density at radius 2 is 1.50 bits per heavy atom. The molecule has 0 amide bonds. The summed E-state index contributed by atoms with van der Waals surface area (Å²) in [6, 6.07) is 11.2. The fraction of sp³-hybridized carbons (Fsp3) is 0.520. The van der Waals surface area contributed by atoms with Crippen molar-refractivity contribution in [2.24, 2.45) is 11.8 Å². The quantitative estimate of drug-likeness (QED) is 0.480. The van der Waals surface area contributed by atoms with E-state index in [0.717, 1.165) is 18.8 Å². The van der Waals surface area contributed by atoms with E-state index in [1.165, 1.54) is 44.1 Å². The SMILES string of the molecule is CCCC1CCC(c2ccc(-c3ccc(OCC4CC4)c(F)c3F)cc2)CC1. The summed E-state index contributed by atoms with van der Waals surface area (Å²) in [6.07, 6.45) is 9.95. The van der Waals surface area contributed by atoms with Crippen molar-refractivity contribution in [3.05, 3.63) is 53.6 Å². The molecule has 2 fully saturated rings. The van der Waals surface area contributed by atoms with E-state index in [4.69, 9.17) is 4.74 Å². The average molecular weight is 385 g/mol. The number of hydrogen-bond acceptors (Lipinski definition) is 1. The van der Waals surface area contributed by atoms with Gasteiger partial charge in [0.2, 0.25) is 5.82 Å². The van der Waals surface area contributed by atoms with Gasteiger partial charge in [-0.2, -0.15) is 4.39 Å². The molecule has 0 heterocycles. The molecule has 2 aliphatic carbocycles. The molecular weight excluding hydrogens is 354 g/mol. The van der Waals surface area contributed by atoms with Crippen molar-refractivity contribution in [2.45, 2.75) is 64.2 Å². The zero-order chi connectivity index (χ0) is 19.5. The predicted octanol–water partition coefficient (Wildman–Crippen LogP) is 7.49. The summed E-state index contributed by atoms with van der Waals surface area (Å²) < 4.78 is 34.4. The van der Waals surface area contributed by atoms with Crippen LogP contribution in [-0.2, 0) is 0 Å². The molecule has 2 aromatic rings. The highest BCUT2D eigenvalue weighted by Gasteiger charge is 2.24. The maximum Gasteiger partial charge on any atom is 0.201 e. The standard InChI is InChI=1S/C25H30F2O/c1-2-3-17-6-8-19(9-7-17)20-10-12-21(13-11-20)22-14-15-23(25(27)24(22)26)28-16-18-4-5-18/h10-15,17-19H,2-9,16H2,1H3. The lowest BCUT2D eigenvalue weighted by atomic mass is 9.77. The van der Waals surface area contributed by atoms with Gasteiger partial charge in [-0.1, -0.05) is 44.0 Å². The Labute approximate surface area is 167 Å². The fourth-order valence-corrected chi connectivity index (χ4v) is 4.49. The Hall–Kier alpha value is -1.90. The predicted molar refractivity (Wildman–Crippen MR) is 110 cm³/mol. The Kier molecular flexibility index (Phi) is 5.99. The van der Waals surface area contributed by atoms with Gasteiger partial charge in [-0.05, 0) is 79.5 Å². The molecule has 2 aliphatic rings. The van der Waals surface area contributed by atoms with E-state index in [2.05, 4.69) is 19.1 Å². The number of rotatable bonds is 7. The van der Waals surface area contributed by atoms with Gasteiger partial charge in [-0.15, -0.1) is 0 Å². The molecule has 0 atom stereocenters. The molecule has 0 radical (unpaired) electrons. The van der Waals surface area contributed by atoms with Crippen molar-refractivity contribution >= 4 is 0 Å². The third-order valence-electron chi connectivity index (χ3n) is 6.46. The molecule has 4 rings (SSSR count). The van der Waals surface area contributed by atoms with Crippen LogP contribution in [0.4, 0.5) is 8.78 Å². The summed E-state index contributed by atoms with van der Waals surface area (Å²) in [6.45, 7) is 2.74. The van der Waals surface area contributed by atoms with Gasteiger partial charge in [0.05, 0.1) is 6.61 Å². The first-order valence-electron chi connectivity index (χ1n) is 10.9. The van der Waals surface area contributed by atoms with Crippen LogP contribution in [0.15, 0.2) is 36.4 Å². The largest absolute Gasteiger partial charge is 0.490 e. The zero-order valence-electron chi connectivity index (χ0n) is 16.7. The molecule has 0 aliphatic heterocycles. The highest BCUT2D eigenvalue weighted by Crippen LogP contribution is 2.38. The Morgan fingerprint density at radius 3 is 2.14 bits per heavy atom. The van der Waals surface area contributed by atoms with Crippen LogP contribution < -0.4 is 4.74 Å². The van der Waals surface area contributed by atoms with Crippen LogP contribution in [0.2, 0.25) is 0 Å². The second-order valence-corrected chi connectivity index (χ2v) is 8.62. The topological polar surface area (TPSA) is 9.23 Å². The number of hydrogen-bond donors (Lipinski definition) is 0. The molecule has 28 heavy (non-hydrogen) atoms. The Morgan fingerprint density at radius 1 is 0.821 bits per heavy atom. The van der Waals surface area contributed by atoms with Crippen LogP contribution in [-0.4, -0.2) is 6.61 Å². The molecule has 0 bridgehead atoms. The molecule has 2 saturated carbocycles. The van der Waals surface area contributed by atoms with E-state index in [0.29, 0.717) is 29.6 Å². The lowest BCUT2D eigenvalue weighted by Gasteiger charge is -2.28. The number of benzene rings is 2. The summed E-state index contributed by atoms with van der Waals surface area (Å²) in [5, 5.41) is 0. The van der Waals surface area contributed by atoms with Crippen LogP contribution in [0.25, 0.3) is 11.1 Å². The van der Waals surface area contributed by atoms with Gasteiger partial charge in [-0.3, -0.25) is 0 Å². The first-order valence-corrected chi connectivity index (χ1v) is 10.9. The maximum absolute atomic E-state index is 14.6.